The largest absolute Gasteiger partial charge is 0.352 e. The van der Waals surface area contributed by atoms with E-state index in [2.05, 4.69) is 47.5 Å². The molecule has 23 heavy (non-hydrogen) atoms. The Hall–Kier alpha value is -1.39. The third-order valence-corrected chi connectivity index (χ3v) is 5.38. The normalized spacial score (nSPS) is 28.5. The lowest BCUT2D eigenvalue weighted by atomic mass is 9.96. The van der Waals surface area contributed by atoms with Crippen LogP contribution in [0.2, 0.25) is 0 Å². The molecular formula is C19H29N3O. The molecule has 3 rings (SSSR count). The van der Waals surface area contributed by atoms with Gasteiger partial charge in [0.1, 0.15) is 0 Å². The number of amides is 1. The lowest BCUT2D eigenvalue weighted by Gasteiger charge is -2.39. The molecule has 2 aliphatic heterocycles. The maximum Gasteiger partial charge on any atom is 0.237 e. The monoisotopic (exact) mass is 315 g/mol. The average Bonchev–Trinajstić information content (AvgIpc) is 2.79. The van der Waals surface area contributed by atoms with Gasteiger partial charge in [0.25, 0.3) is 0 Å². The Morgan fingerprint density at radius 3 is 2.52 bits per heavy atom. The first-order valence-corrected chi connectivity index (χ1v) is 9.03. The quantitative estimate of drug-likeness (QED) is 0.847. The molecule has 3 unspecified atom stereocenters. The van der Waals surface area contributed by atoms with Gasteiger partial charge in [-0.3, -0.25) is 9.69 Å². The number of nitrogens with one attached hydrogen (secondary N) is 1. The van der Waals surface area contributed by atoms with Gasteiger partial charge >= 0.3 is 0 Å². The lowest BCUT2D eigenvalue weighted by molar-refractivity contribution is -0.123. The second-order valence-corrected chi connectivity index (χ2v) is 7.12. The lowest BCUT2D eigenvalue weighted by Crippen LogP contribution is -2.52. The number of nitrogens with two attached hydrogens (primary N) is 1. The molecule has 2 saturated heterocycles. The van der Waals surface area contributed by atoms with Crippen molar-refractivity contribution >= 4 is 5.91 Å². The molecule has 2 bridgehead atoms. The summed E-state index contributed by atoms with van der Waals surface area (Å²) in [7, 11) is 0. The van der Waals surface area contributed by atoms with Crippen molar-refractivity contribution in [2.24, 2.45) is 5.73 Å². The maximum absolute atomic E-state index is 12.2. The van der Waals surface area contributed by atoms with E-state index in [1.165, 1.54) is 18.4 Å². The number of nitrogens with zero attached hydrogens (tertiary/aromatic N) is 1. The fourth-order valence-corrected chi connectivity index (χ4v) is 4.19. The van der Waals surface area contributed by atoms with E-state index in [4.69, 9.17) is 5.73 Å². The number of hydrogen-bond acceptors (Lipinski definition) is 3. The Labute approximate surface area is 139 Å². The first kappa shape index (κ1) is 16.5. The minimum Gasteiger partial charge on any atom is -0.352 e. The number of fused-ring (bicyclic) bond motifs is 2. The van der Waals surface area contributed by atoms with Crippen molar-refractivity contribution in [3.63, 3.8) is 0 Å². The molecule has 0 spiro atoms. The minimum absolute atomic E-state index is 0.0350. The zero-order chi connectivity index (χ0) is 16.2. The van der Waals surface area contributed by atoms with Crippen molar-refractivity contribution in [3.05, 3.63) is 35.9 Å². The third-order valence-electron chi connectivity index (χ3n) is 5.38. The molecule has 2 aliphatic rings. The van der Waals surface area contributed by atoms with Gasteiger partial charge in [0.2, 0.25) is 5.91 Å². The highest BCUT2D eigenvalue weighted by Gasteiger charge is 2.41. The smallest absolute Gasteiger partial charge is 0.237 e. The molecule has 0 aromatic heterocycles. The van der Waals surface area contributed by atoms with Crippen LogP contribution in [0.15, 0.2) is 30.3 Å². The van der Waals surface area contributed by atoms with Gasteiger partial charge in [-0.15, -0.1) is 0 Å². The fraction of sp³-hybridized carbons (Fsp3) is 0.632. The summed E-state index contributed by atoms with van der Waals surface area (Å²) in [5, 5.41) is 3.20. The molecular weight excluding hydrogens is 286 g/mol. The molecule has 1 aromatic carbocycles. The first-order chi connectivity index (χ1) is 11.2. The van der Waals surface area contributed by atoms with Crippen LogP contribution in [0.4, 0.5) is 0 Å². The molecule has 4 nitrogen and oxygen atoms in total. The number of hydrogen-bond donors (Lipinski definition) is 2. The molecule has 0 radical (unpaired) electrons. The van der Waals surface area contributed by atoms with Crippen LogP contribution in [0.5, 0.6) is 0 Å². The molecule has 4 heteroatoms. The first-order valence-electron chi connectivity index (χ1n) is 9.03. The van der Waals surface area contributed by atoms with Crippen LogP contribution in [0.3, 0.4) is 0 Å². The summed E-state index contributed by atoms with van der Waals surface area (Å²) >= 11 is 0. The van der Waals surface area contributed by atoms with Crippen LogP contribution < -0.4 is 11.1 Å². The van der Waals surface area contributed by atoms with Crippen LogP contribution >= 0.6 is 0 Å². The molecule has 126 valence electrons. The van der Waals surface area contributed by atoms with Crippen LogP contribution in [0.25, 0.3) is 0 Å². The zero-order valence-electron chi connectivity index (χ0n) is 14.1. The highest BCUT2D eigenvalue weighted by molar-refractivity contribution is 5.81. The number of piperidine rings is 1. The SMILES string of the molecule is CCCC(N)C(=O)NC1CC2CCC(C1)N2Cc1ccccc1. The van der Waals surface area contributed by atoms with Gasteiger partial charge in [-0.2, -0.15) is 0 Å². The van der Waals surface area contributed by atoms with Gasteiger partial charge < -0.3 is 11.1 Å². The molecule has 3 N–H and O–H groups in total. The van der Waals surface area contributed by atoms with Gasteiger partial charge in [-0.25, -0.2) is 0 Å². The standard InChI is InChI=1S/C19H29N3O/c1-2-6-18(20)19(23)21-15-11-16-9-10-17(12-15)22(16)13-14-7-4-3-5-8-14/h3-5,7-8,15-18H,2,6,9-13,20H2,1H3,(H,21,23). The fourth-order valence-electron chi connectivity index (χ4n) is 4.19. The number of rotatable bonds is 6. The van der Waals surface area contributed by atoms with Gasteiger partial charge in [-0.1, -0.05) is 43.7 Å². The van der Waals surface area contributed by atoms with E-state index in [0.717, 1.165) is 32.2 Å². The topological polar surface area (TPSA) is 58.4 Å². The summed E-state index contributed by atoms with van der Waals surface area (Å²) in [5.74, 6) is 0.0350. The summed E-state index contributed by atoms with van der Waals surface area (Å²) < 4.78 is 0. The predicted molar refractivity (Wildman–Crippen MR) is 92.8 cm³/mol. The van der Waals surface area contributed by atoms with Gasteiger partial charge in [-0.05, 0) is 37.7 Å². The number of carbonyl (C=O) groups excluding carboxylic acids is 1. The van der Waals surface area contributed by atoms with Crippen LogP contribution in [0.1, 0.15) is 51.0 Å². The van der Waals surface area contributed by atoms with E-state index in [1.807, 2.05) is 0 Å². The Morgan fingerprint density at radius 2 is 1.91 bits per heavy atom. The van der Waals surface area contributed by atoms with Crippen LogP contribution in [-0.2, 0) is 11.3 Å². The van der Waals surface area contributed by atoms with Crippen molar-refractivity contribution in [2.45, 2.75) is 76.2 Å². The Bertz CT molecular complexity index is 505. The maximum atomic E-state index is 12.2. The minimum atomic E-state index is -0.347. The highest BCUT2D eigenvalue weighted by Crippen LogP contribution is 2.36. The van der Waals surface area contributed by atoms with E-state index in [0.29, 0.717) is 18.1 Å². The van der Waals surface area contributed by atoms with Crippen molar-refractivity contribution in [2.75, 3.05) is 0 Å². The molecule has 1 amide bonds. The molecule has 2 heterocycles. The summed E-state index contributed by atoms with van der Waals surface area (Å²) in [6.45, 7) is 3.10. The van der Waals surface area contributed by atoms with E-state index < -0.39 is 0 Å². The van der Waals surface area contributed by atoms with Crippen molar-refractivity contribution < 1.29 is 4.79 Å². The van der Waals surface area contributed by atoms with E-state index >= 15 is 0 Å². The van der Waals surface area contributed by atoms with Gasteiger partial charge in [0.15, 0.2) is 0 Å². The molecule has 3 atom stereocenters. The number of benzene rings is 1. The predicted octanol–water partition coefficient (Wildman–Crippen LogP) is 2.43. The van der Waals surface area contributed by atoms with E-state index in [1.54, 1.807) is 0 Å². The molecule has 2 fully saturated rings. The van der Waals surface area contributed by atoms with Crippen molar-refractivity contribution in [3.8, 4) is 0 Å². The number of carbonyl (C=O) groups is 1. The van der Waals surface area contributed by atoms with Crippen LogP contribution in [-0.4, -0.2) is 35.0 Å². The second-order valence-electron chi connectivity index (χ2n) is 7.12. The van der Waals surface area contributed by atoms with Crippen molar-refractivity contribution in [1.82, 2.24) is 10.2 Å². The third kappa shape index (κ3) is 3.93. The summed E-state index contributed by atoms with van der Waals surface area (Å²) in [6.07, 6.45) is 6.36. The van der Waals surface area contributed by atoms with Gasteiger partial charge in [0, 0.05) is 24.7 Å². The Morgan fingerprint density at radius 1 is 1.26 bits per heavy atom. The average molecular weight is 315 g/mol. The Kier molecular flexibility index (Phi) is 5.34. The highest BCUT2D eigenvalue weighted by atomic mass is 16.2. The zero-order valence-corrected chi connectivity index (χ0v) is 14.1. The molecule has 0 saturated carbocycles. The summed E-state index contributed by atoms with van der Waals surface area (Å²) in [4.78, 5) is 14.8. The van der Waals surface area contributed by atoms with E-state index in [-0.39, 0.29) is 11.9 Å². The van der Waals surface area contributed by atoms with Crippen molar-refractivity contribution in [1.29, 1.82) is 0 Å². The van der Waals surface area contributed by atoms with Crippen LogP contribution in [0, 0.1) is 0 Å². The summed E-state index contributed by atoms with van der Waals surface area (Å²) in [6, 6.07) is 11.9. The molecule has 1 aromatic rings. The Balaban J connectivity index is 1.55. The second kappa shape index (κ2) is 7.45. The van der Waals surface area contributed by atoms with Gasteiger partial charge in [0.05, 0.1) is 6.04 Å². The van der Waals surface area contributed by atoms with E-state index in [9.17, 15) is 4.79 Å². The molecule has 0 aliphatic carbocycles. The summed E-state index contributed by atoms with van der Waals surface area (Å²) in [5.41, 5.74) is 7.32.